The smallest absolute Gasteiger partial charge is 0.232 e. The molecule has 2 heterocycles. The highest BCUT2D eigenvalue weighted by molar-refractivity contribution is 5.96. The average Bonchev–Trinajstić information content (AvgIpc) is 3.13. The monoisotopic (exact) mass is 348 g/mol. The Kier molecular flexibility index (Phi) is 4.39. The predicted octanol–water partition coefficient (Wildman–Crippen LogP) is 3.96. The van der Waals surface area contributed by atoms with Crippen LogP contribution < -0.4 is 10.1 Å². The lowest BCUT2D eigenvalue weighted by atomic mass is 9.86. The summed E-state index contributed by atoms with van der Waals surface area (Å²) in [4.78, 5) is 16.7. The first-order valence-corrected chi connectivity index (χ1v) is 8.72. The van der Waals surface area contributed by atoms with Crippen molar-refractivity contribution in [3.63, 3.8) is 0 Å². The van der Waals surface area contributed by atoms with Gasteiger partial charge < -0.3 is 10.1 Å². The molecule has 1 aliphatic rings. The minimum Gasteiger partial charge on any atom is -0.457 e. The molecule has 2 aromatic heterocycles. The first-order valence-electron chi connectivity index (χ1n) is 8.72. The number of aromatic nitrogens is 3. The summed E-state index contributed by atoms with van der Waals surface area (Å²) in [6, 6.07) is 9.27. The first kappa shape index (κ1) is 16.3. The highest BCUT2D eigenvalue weighted by atomic mass is 16.5. The zero-order valence-electron chi connectivity index (χ0n) is 14.5. The van der Waals surface area contributed by atoms with Gasteiger partial charge in [-0.05, 0) is 62.1 Å². The Balaban J connectivity index is 1.48. The van der Waals surface area contributed by atoms with Crippen molar-refractivity contribution in [2.45, 2.75) is 32.1 Å². The molecule has 1 amide bonds. The Morgan fingerprint density at radius 1 is 1.27 bits per heavy atom. The van der Waals surface area contributed by atoms with Crippen molar-refractivity contribution in [1.29, 1.82) is 0 Å². The maximum absolute atomic E-state index is 12.7. The van der Waals surface area contributed by atoms with E-state index in [1.807, 2.05) is 25.1 Å². The lowest BCUT2D eigenvalue weighted by Gasteiger charge is -2.21. The Morgan fingerprint density at radius 3 is 2.92 bits per heavy atom. The molecule has 1 aromatic carbocycles. The van der Waals surface area contributed by atoms with Gasteiger partial charge in [-0.3, -0.25) is 14.9 Å². The molecule has 2 N–H and O–H groups in total. The number of anilines is 1. The molecule has 0 saturated carbocycles. The molecule has 1 unspecified atom stereocenters. The normalized spacial score (nSPS) is 16.0. The number of aromatic amines is 1. The third kappa shape index (κ3) is 3.31. The largest absolute Gasteiger partial charge is 0.457 e. The van der Waals surface area contributed by atoms with Gasteiger partial charge in [0.2, 0.25) is 5.91 Å². The highest BCUT2D eigenvalue weighted by Gasteiger charge is 2.28. The molecule has 0 aliphatic heterocycles. The van der Waals surface area contributed by atoms with E-state index in [1.54, 1.807) is 30.7 Å². The van der Waals surface area contributed by atoms with Crippen molar-refractivity contribution >= 4 is 11.6 Å². The van der Waals surface area contributed by atoms with E-state index in [9.17, 15) is 4.79 Å². The van der Waals surface area contributed by atoms with Crippen LogP contribution in [0.15, 0.2) is 48.9 Å². The van der Waals surface area contributed by atoms with Crippen LogP contribution in [-0.2, 0) is 11.2 Å². The Labute approximate surface area is 151 Å². The van der Waals surface area contributed by atoms with E-state index < -0.39 is 0 Å². The van der Waals surface area contributed by atoms with Crippen LogP contribution in [0.1, 0.15) is 35.6 Å². The van der Waals surface area contributed by atoms with Gasteiger partial charge in [-0.2, -0.15) is 5.10 Å². The number of hydrogen-bond donors (Lipinski definition) is 2. The van der Waals surface area contributed by atoms with Crippen LogP contribution in [0.25, 0.3) is 0 Å². The molecule has 0 fully saturated rings. The van der Waals surface area contributed by atoms with Gasteiger partial charge in [-0.15, -0.1) is 0 Å². The van der Waals surface area contributed by atoms with Crippen molar-refractivity contribution in [1.82, 2.24) is 15.2 Å². The van der Waals surface area contributed by atoms with Crippen LogP contribution in [0.4, 0.5) is 5.69 Å². The summed E-state index contributed by atoms with van der Waals surface area (Å²) in [5, 5.41) is 10.1. The van der Waals surface area contributed by atoms with Gasteiger partial charge in [0.15, 0.2) is 0 Å². The second-order valence-corrected chi connectivity index (χ2v) is 6.50. The highest BCUT2D eigenvalue weighted by Crippen LogP contribution is 2.32. The standard InChI is InChI=1S/C20H20N4O2/c1-13-11-14(5-6-19(13)26-15-7-9-21-10-8-15)23-20(25)16-3-2-4-18-17(16)12-22-24-18/h5-12,16H,2-4H2,1H3,(H,22,24)(H,23,25). The van der Waals surface area contributed by atoms with Crippen molar-refractivity contribution in [3.05, 3.63) is 65.7 Å². The van der Waals surface area contributed by atoms with E-state index in [-0.39, 0.29) is 11.8 Å². The van der Waals surface area contributed by atoms with Crippen LogP contribution in [-0.4, -0.2) is 21.1 Å². The Hall–Kier alpha value is -3.15. The van der Waals surface area contributed by atoms with Crippen molar-refractivity contribution in [2.24, 2.45) is 0 Å². The fourth-order valence-corrected chi connectivity index (χ4v) is 3.34. The number of benzene rings is 1. The van der Waals surface area contributed by atoms with Crippen LogP contribution in [0.3, 0.4) is 0 Å². The number of H-pyrrole nitrogens is 1. The number of ether oxygens (including phenoxy) is 1. The first-order chi connectivity index (χ1) is 12.7. The number of nitrogens with zero attached hydrogens (tertiary/aromatic N) is 2. The number of fused-ring (bicyclic) bond motifs is 1. The second kappa shape index (κ2) is 7.00. The number of amides is 1. The quantitative estimate of drug-likeness (QED) is 0.748. The van der Waals surface area contributed by atoms with Crippen LogP contribution in [0, 0.1) is 6.92 Å². The topological polar surface area (TPSA) is 79.9 Å². The fraction of sp³-hybridized carbons (Fsp3) is 0.250. The number of carbonyl (C=O) groups excluding carboxylic acids is 1. The zero-order valence-corrected chi connectivity index (χ0v) is 14.5. The van der Waals surface area contributed by atoms with Gasteiger partial charge in [-0.1, -0.05) is 0 Å². The number of aryl methyl sites for hydroxylation is 2. The predicted molar refractivity (Wildman–Crippen MR) is 98.4 cm³/mol. The van der Waals surface area contributed by atoms with E-state index in [4.69, 9.17) is 4.74 Å². The lowest BCUT2D eigenvalue weighted by Crippen LogP contribution is -2.24. The number of carbonyl (C=O) groups is 1. The summed E-state index contributed by atoms with van der Waals surface area (Å²) < 4.78 is 5.86. The molecule has 1 aliphatic carbocycles. The van der Waals surface area contributed by atoms with Crippen LogP contribution in [0.5, 0.6) is 11.5 Å². The molecule has 3 aromatic rings. The van der Waals surface area contributed by atoms with Crippen molar-refractivity contribution < 1.29 is 9.53 Å². The second-order valence-electron chi connectivity index (χ2n) is 6.50. The van der Waals surface area contributed by atoms with Gasteiger partial charge in [-0.25, -0.2) is 0 Å². The third-order valence-electron chi connectivity index (χ3n) is 4.68. The van der Waals surface area contributed by atoms with Crippen LogP contribution in [0.2, 0.25) is 0 Å². The van der Waals surface area contributed by atoms with E-state index in [0.29, 0.717) is 0 Å². The van der Waals surface area contributed by atoms with E-state index in [0.717, 1.165) is 53.3 Å². The SMILES string of the molecule is Cc1cc(NC(=O)C2CCCc3[nH]ncc32)ccc1Oc1ccncc1. The number of pyridine rings is 1. The minimum absolute atomic E-state index is 0.00884. The molecule has 0 saturated heterocycles. The minimum atomic E-state index is -0.148. The number of hydrogen-bond acceptors (Lipinski definition) is 4. The van der Waals surface area contributed by atoms with Gasteiger partial charge in [0, 0.05) is 29.3 Å². The molecule has 4 rings (SSSR count). The summed E-state index contributed by atoms with van der Waals surface area (Å²) in [5.74, 6) is 1.35. The van der Waals surface area contributed by atoms with E-state index in [1.165, 1.54) is 0 Å². The van der Waals surface area contributed by atoms with Crippen LogP contribution >= 0.6 is 0 Å². The molecule has 1 atom stereocenters. The van der Waals surface area contributed by atoms with Gasteiger partial charge in [0.25, 0.3) is 0 Å². The third-order valence-corrected chi connectivity index (χ3v) is 4.68. The van der Waals surface area contributed by atoms with E-state index in [2.05, 4.69) is 20.5 Å². The molecule has 0 bridgehead atoms. The Morgan fingerprint density at radius 2 is 2.12 bits per heavy atom. The van der Waals surface area contributed by atoms with Gasteiger partial charge >= 0.3 is 0 Å². The molecule has 26 heavy (non-hydrogen) atoms. The van der Waals surface area contributed by atoms with Crippen molar-refractivity contribution in [3.8, 4) is 11.5 Å². The lowest BCUT2D eigenvalue weighted by molar-refractivity contribution is -0.117. The molecule has 0 spiro atoms. The van der Waals surface area contributed by atoms with Crippen molar-refractivity contribution in [2.75, 3.05) is 5.32 Å². The summed E-state index contributed by atoms with van der Waals surface area (Å²) in [6.07, 6.45) is 7.95. The maximum Gasteiger partial charge on any atom is 0.232 e. The molecular formula is C20H20N4O2. The van der Waals surface area contributed by atoms with E-state index >= 15 is 0 Å². The Bertz CT molecular complexity index is 921. The molecule has 132 valence electrons. The summed E-state index contributed by atoms with van der Waals surface area (Å²) >= 11 is 0. The molecular weight excluding hydrogens is 328 g/mol. The zero-order chi connectivity index (χ0) is 17.9. The maximum atomic E-state index is 12.7. The summed E-state index contributed by atoms with van der Waals surface area (Å²) in [6.45, 7) is 1.96. The molecule has 6 nitrogen and oxygen atoms in total. The summed E-state index contributed by atoms with van der Waals surface area (Å²) in [7, 11) is 0. The number of nitrogens with one attached hydrogen (secondary N) is 2. The average molecular weight is 348 g/mol. The van der Waals surface area contributed by atoms with Gasteiger partial charge in [0.05, 0.1) is 12.1 Å². The molecule has 0 radical (unpaired) electrons. The fourth-order valence-electron chi connectivity index (χ4n) is 3.34. The summed E-state index contributed by atoms with van der Waals surface area (Å²) in [5.41, 5.74) is 3.81. The molecule has 6 heteroatoms. The number of rotatable bonds is 4. The van der Waals surface area contributed by atoms with Gasteiger partial charge in [0.1, 0.15) is 11.5 Å².